The Labute approximate surface area is 68.9 Å². The van der Waals surface area contributed by atoms with Gasteiger partial charge in [-0.25, -0.2) is 0 Å². The van der Waals surface area contributed by atoms with E-state index in [-0.39, 0.29) is 11.4 Å². The Bertz CT molecular complexity index is 333. The SMILES string of the molecule is C=Cc1ccc([N+](=O)[O-])cc1O. The van der Waals surface area contributed by atoms with Crippen LogP contribution in [0.15, 0.2) is 24.8 Å². The molecule has 4 nitrogen and oxygen atoms in total. The minimum Gasteiger partial charge on any atom is -0.507 e. The predicted molar refractivity (Wildman–Crippen MR) is 44.9 cm³/mol. The lowest BCUT2D eigenvalue weighted by atomic mass is 10.2. The van der Waals surface area contributed by atoms with Gasteiger partial charge in [0.2, 0.25) is 0 Å². The van der Waals surface area contributed by atoms with Gasteiger partial charge in [0.05, 0.1) is 11.0 Å². The van der Waals surface area contributed by atoms with Crippen LogP contribution in [0.1, 0.15) is 5.56 Å². The number of hydrogen-bond donors (Lipinski definition) is 1. The fourth-order valence-corrected chi connectivity index (χ4v) is 0.818. The fourth-order valence-electron chi connectivity index (χ4n) is 0.818. The summed E-state index contributed by atoms with van der Waals surface area (Å²) in [6.07, 6.45) is 1.43. The lowest BCUT2D eigenvalue weighted by Gasteiger charge is -1.96. The minimum atomic E-state index is -0.563. The smallest absolute Gasteiger partial charge is 0.273 e. The van der Waals surface area contributed by atoms with Gasteiger partial charge >= 0.3 is 0 Å². The minimum absolute atomic E-state index is 0.126. The first-order chi connectivity index (χ1) is 5.65. The second-order valence-corrected chi connectivity index (χ2v) is 2.20. The van der Waals surface area contributed by atoms with Crippen molar-refractivity contribution in [1.29, 1.82) is 0 Å². The zero-order valence-corrected chi connectivity index (χ0v) is 6.23. The molecule has 1 aromatic rings. The Morgan fingerprint density at radius 2 is 2.25 bits per heavy atom. The van der Waals surface area contributed by atoms with Crippen molar-refractivity contribution < 1.29 is 10.0 Å². The highest BCUT2D eigenvalue weighted by atomic mass is 16.6. The molecule has 62 valence electrons. The van der Waals surface area contributed by atoms with E-state index in [9.17, 15) is 10.1 Å². The van der Waals surface area contributed by atoms with Crippen molar-refractivity contribution in [2.45, 2.75) is 0 Å². The van der Waals surface area contributed by atoms with Gasteiger partial charge in [-0.2, -0.15) is 0 Å². The lowest BCUT2D eigenvalue weighted by molar-refractivity contribution is -0.384. The maximum absolute atomic E-state index is 10.2. The molecule has 0 aliphatic heterocycles. The molecule has 4 heteroatoms. The second kappa shape index (κ2) is 3.04. The molecular weight excluding hydrogens is 158 g/mol. The summed E-state index contributed by atoms with van der Waals surface area (Å²) >= 11 is 0. The molecule has 1 aromatic carbocycles. The van der Waals surface area contributed by atoms with Crippen LogP contribution in [0.3, 0.4) is 0 Å². The zero-order valence-electron chi connectivity index (χ0n) is 6.23. The van der Waals surface area contributed by atoms with E-state index in [1.54, 1.807) is 0 Å². The predicted octanol–water partition coefficient (Wildman–Crippen LogP) is 1.94. The number of nitrogens with zero attached hydrogens (tertiary/aromatic N) is 1. The number of rotatable bonds is 2. The maximum atomic E-state index is 10.2. The summed E-state index contributed by atoms with van der Waals surface area (Å²) in [4.78, 5) is 9.66. The Kier molecular flexibility index (Phi) is 2.09. The van der Waals surface area contributed by atoms with Gasteiger partial charge in [0.25, 0.3) is 5.69 Å². The molecule has 0 aliphatic carbocycles. The number of hydrogen-bond acceptors (Lipinski definition) is 3. The first-order valence-electron chi connectivity index (χ1n) is 3.25. The van der Waals surface area contributed by atoms with E-state index < -0.39 is 4.92 Å². The van der Waals surface area contributed by atoms with Gasteiger partial charge in [0.15, 0.2) is 0 Å². The van der Waals surface area contributed by atoms with Gasteiger partial charge in [0, 0.05) is 11.6 Å². The van der Waals surface area contributed by atoms with Gasteiger partial charge in [-0.15, -0.1) is 0 Å². The second-order valence-electron chi connectivity index (χ2n) is 2.20. The average molecular weight is 165 g/mol. The van der Waals surface area contributed by atoms with Crippen LogP contribution < -0.4 is 0 Å². The summed E-state index contributed by atoms with van der Waals surface area (Å²) in [6.45, 7) is 3.44. The normalized spacial score (nSPS) is 9.33. The highest BCUT2D eigenvalue weighted by Gasteiger charge is 2.07. The third-order valence-electron chi connectivity index (χ3n) is 1.44. The Morgan fingerprint density at radius 3 is 2.67 bits per heavy atom. The third-order valence-corrected chi connectivity index (χ3v) is 1.44. The van der Waals surface area contributed by atoms with Gasteiger partial charge < -0.3 is 5.11 Å². The van der Waals surface area contributed by atoms with Crippen molar-refractivity contribution in [3.8, 4) is 5.75 Å². The molecular formula is C8H7NO3. The van der Waals surface area contributed by atoms with E-state index in [2.05, 4.69) is 6.58 Å². The van der Waals surface area contributed by atoms with Crippen LogP contribution in [-0.2, 0) is 0 Å². The van der Waals surface area contributed by atoms with Crippen LogP contribution in [-0.4, -0.2) is 10.0 Å². The van der Waals surface area contributed by atoms with Gasteiger partial charge in [0.1, 0.15) is 5.75 Å². The molecule has 0 bridgehead atoms. The average Bonchev–Trinajstić information content (AvgIpc) is 2.04. The molecule has 0 heterocycles. The van der Waals surface area contributed by atoms with Crippen LogP contribution >= 0.6 is 0 Å². The van der Waals surface area contributed by atoms with Crippen LogP contribution in [0.25, 0.3) is 6.08 Å². The highest BCUT2D eigenvalue weighted by Crippen LogP contribution is 2.23. The molecule has 0 aromatic heterocycles. The molecule has 0 amide bonds. The molecule has 0 saturated heterocycles. The van der Waals surface area contributed by atoms with E-state index in [4.69, 9.17) is 5.11 Å². The van der Waals surface area contributed by atoms with Gasteiger partial charge in [-0.1, -0.05) is 12.7 Å². The largest absolute Gasteiger partial charge is 0.507 e. The number of non-ortho nitro benzene ring substituents is 1. The molecule has 0 unspecified atom stereocenters. The lowest BCUT2D eigenvalue weighted by Crippen LogP contribution is -1.87. The summed E-state index contributed by atoms with van der Waals surface area (Å²) in [5, 5.41) is 19.4. The van der Waals surface area contributed by atoms with Crippen LogP contribution in [0.5, 0.6) is 5.75 Å². The third kappa shape index (κ3) is 1.42. The maximum Gasteiger partial charge on any atom is 0.273 e. The van der Waals surface area contributed by atoms with Gasteiger partial charge in [-0.3, -0.25) is 10.1 Å². The van der Waals surface area contributed by atoms with Crippen molar-refractivity contribution in [2.75, 3.05) is 0 Å². The van der Waals surface area contributed by atoms with E-state index in [0.717, 1.165) is 6.07 Å². The number of phenols is 1. The number of benzene rings is 1. The topological polar surface area (TPSA) is 63.4 Å². The molecule has 1 rings (SSSR count). The van der Waals surface area contributed by atoms with E-state index in [0.29, 0.717) is 5.56 Å². The Morgan fingerprint density at radius 1 is 1.58 bits per heavy atom. The quantitative estimate of drug-likeness (QED) is 0.538. The standard InChI is InChI=1S/C8H7NO3/c1-2-6-3-4-7(9(11)12)5-8(6)10/h2-5,10H,1H2. The fraction of sp³-hybridized carbons (Fsp3) is 0. The van der Waals surface area contributed by atoms with Crippen molar-refractivity contribution in [3.05, 3.63) is 40.5 Å². The molecule has 0 radical (unpaired) electrons. The number of nitro groups is 1. The molecule has 0 spiro atoms. The first kappa shape index (κ1) is 8.26. The number of phenolic OH excluding ortho intramolecular Hbond substituents is 1. The molecule has 0 fully saturated rings. The molecule has 12 heavy (non-hydrogen) atoms. The Hall–Kier alpha value is -1.84. The van der Waals surface area contributed by atoms with Crippen molar-refractivity contribution >= 4 is 11.8 Å². The van der Waals surface area contributed by atoms with E-state index in [1.165, 1.54) is 18.2 Å². The van der Waals surface area contributed by atoms with E-state index >= 15 is 0 Å². The molecule has 0 aliphatic rings. The summed E-state index contributed by atoms with van der Waals surface area (Å²) in [5.74, 6) is -0.126. The van der Waals surface area contributed by atoms with Crippen LogP contribution in [0.4, 0.5) is 5.69 Å². The van der Waals surface area contributed by atoms with Crippen molar-refractivity contribution in [1.82, 2.24) is 0 Å². The monoisotopic (exact) mass is 165 g/mol. The molecule has 1 N–H and O–H groups in total. The van der Waals surface area contributed by atoms with Crippen molar-refractivity contribution in [3.63, 3.8) is 0 Å². The summed E-state index contributed by atoms with van der Waals surface area (Å²) in [6, 6.07) is 3.86. The van der Waals surface area contributed by atoms with Gasteiger partial charge in [-0.05, 0) is 6.07 Å². The Balaban J connectivity index is 3.18. The molecule has 0 saturated carbocycles. The van der Waals surface area contributed by atoms with E-state index in [1.807, 2.05) is 0 Å². The van der Waals surface area contributed by atoms with Crippen LogP contribution in [0.2, 0.25) is 0 Å². The number of nitro benzene ring substituents is 1. The highest BCUT2D eigenvalue weighted by molar-refractivity contribution is 5.58. The molecule has 0 atom stereocenters. The van der Waals surface area contributed by atoms with Crippen molar-refractivity contribution in [2.24, 2.45) is 0 Å². The van der Waals surface area contributed by atoms with Crippen LogP contribution in [0, 0.1) is 10.1 Å². The summed E-state index contributed by atoms with van der Waals surface area (Å²) < 4.78 is 0. The number of aromatic hydroxyl groups is 1. The zero-order chi connectivity index (χ0) is 9.14. The summed E-state index contributed by atoms with van der Waals surface area (Å²) in [7, 11) is 0. The first-order valence-corrected chi connectivity index (χ1v) is 3.25. The summed E-state index contributed by atoms with van der Waals surface area (Å²) in [5.41, 5.74) is 0.360.